The quantitative estimate of drug-likeness (QED) is 0.883. The molecule has 1 aliphatic carbocycles. The Morgan fingerprint density at radius 1 is 1.27 bits per heavy atom. The van der Waals surface area contributed by atoms with E-state index in [9.17, 15) is 4.79 Å². The van der Waals surface area contributed by atoms with Crippen molar-refractivity contribution in [1.29, 1.82) is 0 Å². The molecular weight excluding hydrogens is 346 g/mol. The maximum Gasteiger partial charge on any atom is 0.253 e. The Balaban J connectivity index is 1.70. The lowest BCUT2D eigenvalue weighted by molar-refractivity contribution is -0.0404. The van der Waals surface area contributed by atoms with Crippen LogP contribution in [0.4, 0.5) is 0 Å². The summed E-state index contributed by atoms with van der Waals surface area (Å²) in [6, 6.07) is 11.9. The van der Waals surface area contributed by atoms with Crippen LogP contribution in [0, 0.1) is 5.92 Å². The van der Waals surface area contributed by atoms with E-state index in [0.717, 1.165) is 30.9 Å². The molecule has 3 heterocycles. The highest BCUT2D eigenvalue weighted by Gasteiger charge is 2.50. The number of likely N-dealkylation sites (N-methyl/N-ethyl adjacent to an activating group) is 1. The molecule has 3 fully saturated rings. The molecule has 2 aliphatic heterocycles. The fraction of sp³-hybridized carbons (Fsp3) is 0.429. The van der Waals surface area contributed by atoms with Crippen LogP contribution >= 0.6 is 11.6 Å². The Labute approximate surface area is 159 Å². The van der Waals surface area contributed by atoms with Crippen LogP contribution in [0.3, 0.4) is 0 Å². The average Bonchev–Trinajstić information content (AvgIpc) is 2.68. The molecule has 2 bridgehead atoms. The second-order valence-corrected chi connectivity index (χ2v) is 8.01. The van der Waals surface area contributed by atoms with Crippen molar-refractivity contribution in [3.05, 3.63) is 64.9 Å². The number of hydrogen-bond acceptors (Lipinski definition) is 3. The monoisotopic (exact) mass is 369 g/mol. The molecule has 1 atom stereocenters. The molecule has 2 saturated heterocycles. The number of hydrogen-bond donors (Lipinski definition) is 1. The SMILES string of the molecule is CN1CC2CCC1(C(NC(=O)c1ccncc1Cl)c1ccccc1)CC2. The van der Waals surface area contributed by atoms with Crippen LogP contribution in [-0.2, 0) is 0 Å². The number of fused-ring (bicyclic) bond motifs is 3. The smallest absolute Gasteiger partial charge is 0.253 e. The number of benzene rings is 1. The summed E-state index contributed by atoms with van der Waals surface area (Å²) in [4.78, 5) is 19.5. The fourth-order valence-electron chi connectivity index (χ4n) is 4.76. The van der Waals surface area contributed by atoms with Crippen LogP contribution in [-0.4, -0.2) is 34.9 Å². The van der Waals surface area contributed by atoms with Gasteiger partial charge in [-0.2, -0.15) is 0 Å². The number of halogens is 1. The summed E-state index contributed by atoms with van der Waals surface area (Å²) in [7, 11) is 2.20. The van der Waals surface area contributed by atoms with Gasteiger partial charge in [-0.3, -0.25) is 14.7 Å². The molecule has 1 aromatic heterocycles. The lowest BCUT2D eigenvalue weighted by Gasteiger charge is -2.57. The number of pyridine rings is 1. The molecule has 5 rings (SSSR count). The molecule has 136 valence electrons. The van der Waals surface area contributed by atoms with Gasteiger partial charge in [0.25, 0.3) is 5.91 Å². The lowest BCUT2D eigenvalue weighted by Crippen LogP contribution is -2.62. The van der Waals surface area contributed by atoms with Crippen LogP contribution in [0.2, 0.25) is 5.02 Å². The van der Waals surface area contributed by atoms with E-state index in [1.807, 2.05) is 18.2 Å². The van der Waals surface area contributed by atoms with Crippen molar-refractivity contribution in [2.24, 2.45) is 5.92 Å². The first kappa shape index (κ1) is 17.5. The number of carbonyl (C=O) groups excluding carboxylic acids is 1. The van der Waals surface area contributed by atoms with Crippen LogP contribution in [0.5, 0.6) is 0 Å². The van der Waals surface area contributed by atoms with E-state index in [2.05, 4.69) is 34.4 Å². The van der Waals surface area contributed by atoms with Crippen molar-refractivity contribution < 1.29 is 4.79 Å². The Kier molecular flexibility index (Phi) is 4.72. The number of carbonyl (C=O) groups is 1. The van der Waals surface area contributed by atoms with Gasteiger partial charge in [0.15, 0.2) is 0 Å². The van der Waals surface area contributed by atoms with Gasteiger partial charge in [-0.25, -0.2) is 0 Å². The van der Waals surface area contributed by atoms with Crippen LogP contribution in [0.25, 0.3) is 0 Å². The van der Waals surface area contributed by atoms with Gasteiger partial charge in [-0.15, -0.1) is 0 Å². The van der Waals surface area contributed by atoms with Crippen molar-refractivity contribution in [2.75, 3.05) is 13.6 Å². The van der Waals surface area contributed by atoms with Crippen molar-refractivity contribution in [3.8, 4) is 0 Å². The van der Waals surface area contributed by atoms with Crippen LogP contribution in [0.1, 0.15) is 47.6 Å². The van der Waals surface area contributed by atoms with E-state index >= 15 is 0 Å². The summed E-state index contributed by atoms with van der Waals surface area (Å²) >= 11 is 6.21. The molecule has 2 aromatic rings. The largest absolute Gasteiger partial charge is 0.343 e. The second-order valence-electron chi connectivity index (χ2n) is 7.60. The summed E-state index contributed by atoms with van der Waals surface area (Å²) < 4.78 is 0. The normalized spacial score (nSPS) is 26.5. The molecule has 1 unspecified atom stereocenters. The maximum absolute atomic E-state index is 13.0. The van der Waals surface area contributed by atoms with E-state index in [0.29, 0.717) is 10.6 Å². The minimum atomic E-state index is -0.137. The predicted octanol–water partition coefficient (Wildman–Crippen LogP) is 4.08. The first-order valence-electron chi connectivity index (χ1n) is 9.27. The van der Waals surface area contributed by atoms with Crippen molar-refractivity contribution in [1.82, 2.24) is 15.2 Å². The van der Waals surface area contributed by atoms with Gasteiger partial charge in [-0.05, 0) is 50.3 Å². The van der Waals surface area contributed by atoms with E-state index in [1.54, 1.807) is 12.3 Å². The minimum absolute atomic E-state index is 0.0364. The summed E-state index contributed by atoms with van der Waals surface area (Å²) in [5.74, 6) is 0.658. The standard InChI is InChI=1S/C21H24ClN3O/c1-25-14-15-7-10-21(25,11-8-15)19(16-5-3-2-4-6-16)24-20(26)17-9-12-23-13-18(17)22/h2-6,9,12-13,15,19H,7-8,10-11,14H2,1H3,(H,24,26). The van der Waals surface area contributed by atoms with Crippen LogP contribution in [0.15, 0.2) is 48.8 Å². The van der Waals surface area contributed by atoms with E-state index in [-0.39, 0.29) is 17.5 Å². The van der Waals surface area contributed by atoms with Crippen molar-refractivity contribution in [3.63, 3.8) is 0 Å². The van der Waals surface area contributed by atoms with Crippen molar-refractivity contribution >= 4 is 17.5 Å². The minimum Gasteiger partial charge on any atom is -0.343 e. The molecule has 1 aromatic carbocycles. The number of aromatic nitrogens is 1. The topological polar surface area (TPSA) is 45.2 Å². The van der Waals surface area contributed by atoms with Gasteiger partial charge < -0.3 is 5.32 Å². The zero-order chi connectivity index (χ0) is 18.1. The molecule has 1 saturated carbocycles. The first-order valence-corrected chi connectivity index (χ1v) is 9.64. The number of rotatable bonds is 4. The highest BCUT2D eigenvalue weighted by Crippen LogP contribution is 2.49. The molecule has 26 heavy (non-hydrogen) atoms. The highest BCUT2D eigenvalue weighted by molar-refractivity contribution is 6.33. The van der Waals surface area contributed by atoms with E-state index < -0.39 is 0 Å². The summed E-state index contributed by atoms with van der Waals surface area (Å²) in [6.45, 7) is 1.11. The Hall–Kier alpha value is -1.91. The molecule has 0 spiro atoms. The molecule has 1 N–H and O–H groups in total. The number of amides is 1. The van der Waals surface area contributed by atoms with Gasteiger partial charge in [0.2, 0.25) is 0 Å². The fourth-order valence-corrected chi connectivity index (χ4v) is 4.97. The Morgan fingerprint density at radius 3 is 2.65 bits per heavy atom. The van der Waals surface area contributed by atoms with Crippen LogP contribution < -0.4 is 5.32 Å². The van der Waals surface area contributed by atoms with Gasteiger partial charge >= 0.3 is 0 Å². The van der Waals surface area contributed by atoms with Gasteiger partial charge in [-0.1, -0.05) is 41.9 Å². The summed E-state index contributed by atoms with van der Waals surface area (Å²) in [6.07, 6.45) is 7.81. The zero-order valence-corrected chi connectivity index (χ0v) is 15.7. The van der Waals surface area contributed by atoms with Gasteiger partial charge in [0.1, 0.15) is 0 Å². The van der Waals surface area contributed by atoms with E-state index in [1.165, 1.54) is 19.0 Å². The second kappa shape index (κ2) is 7.01. The third-order valence-corrected chi connectivity index (χ3v) is 6.53. The molecule has 4 nitrogen and oxygen atoms in total. The molecular formula is C21H24ClN3O. The third kappa shape index (κ3) is 3.01. The number of piperidine rings is 2. The maximum atomic E-state index is 13.0. The first-order chi connectivity index (χ1) is 12.6. The number of nitrogens with one attached hydrogen (secondary N) is 1. The van der Waals surface area contributed by atoms with E-state index in [4.69, 9.17) is 11.6 Å². The molecule has 5 heteroatoms. The molecule has 0 radical (unpaired) electrons. The zero-order valence-electron chi connectivity index (χ0n) is 15.0. The highest BCUT2D eigenvalue weighted by atomic mass is 35.5. The van der Waals surface area contributed by atoms with Gasteiger partial charge in [0, 0.05) is 24.5 Å². The summed E-state index contributed by atoms with van der Waals surface area (Å²) in [5.41, 5.74) is 1.59. The Bertz CT molecular complexity index is 787. The van der Waals surface area contributed by atoms with Crippen molar-refractivity contribution in [2.45, 2.75) is 37.3 Å². The predicted molar refractivity (Wildman–Crippen MR) is 103 cm³/mol. The molecule has 1 amide bonds. The Morgan fingerprint density at radius 2 is 2.00 bits per heavy atom. The molecule has 3 aliphatic rings. The number of nitrogens with zero attached hydrogens (tertiary/aromatic N) is 2. The summed E-state index contributed by atoms with van der Waals surface area (Å²) in [5, 5.41) is 3.70. The average molecular weight is 370 g/mol. The third-order valence-electron chi connectivity index (χ3n) is 6.23. The van der Waals surface area contributed by atoms with Gasteiger partial charge in [0.05, 0.1) is 16.6 Å². The lowest BCUT2D eigenvalue weighted by atomic mass is 9.66.